The molecule has 1 aliphatic rings. The molecule has 0 N–H and O–H groups in total. The van der Waals surface area contributed by atoms with E-state index in [9.17, 15) is 4.79 Å². The first-order chi connectivity index (χ1) is 8.63. The lowest BCUT2D eigenvalue weighted by atomic mass is 9.89. The van der Waals surface area contributed by atoms with Gasteiger partial charge in [-0.05, 0) is 49.8 Å². The average molecular weight is 246 g/mol. The van der Waals surface area contributed by atoms with Crippen LogP contribution in [-0.4, -0.2) is 11.9 Å². The van der Waals surface area contributed by atoms with Crippen LogP contribution in [0.3, 0.4) is 0 Å². The molecule has 1 aromatic carbocycles. The van der Waals surface area contributed by atoms with E-state index < -0.39 is 0 Å². The minimum absolute atomic E-state index is 0.199. The van der Waals surface area contributed by atoms with Gasteiger partial charge in [-0.1, -0.05) is 25.5 Å². The van der Waals surface area contributed by atoms with E-state index in [2.05, 4.69) is 6.92 Å². The Morgan fingerprint density at radius 3 is 2.61 bits per heavy atom. The molecule has 0 amide bonds. The number of hydrogen-bond donors (Lipinski definition) is 0. The molecule has 2 unspecified atom stereocenters. The van der Waals surface area contributed by atoms with Gasteiger partial charge in [-0.15, -0.1) is 0 Å². The molecule has 2 atom stereocenters. The second-order valence-corrected chi connectivity index (χ2v) is 5.53. The molecule has 0 bridgehead atoms. The van der Waals surface area contributed by atoms with E-state index in [4.69, 9.17) is 4.74 Å². The van der Waals surface area contributed by atoms with E-state index in [0.29, 0.717) is 12.5 Å². The van der Waals surface area contributed by atoms with Crippen molar-refractivity contribution in [3.63, 3.8) is 0 Å². The zero-order valence-electron chi connectivity index (χ0n) is 11.3. The lowest BCUT2D eigenvalue weighted by Crippen LogP contribution is -2.24. The molecule has 2 rings (SSSR count). The minimum atomic E-state index is 0.199. The molecule has 18 heavy (non-hydrogen) atoms. The Bertz CT molecular complexity index is 394. The fourth-order valence-electron chi connectivity index (χ4n) is 2.65. The van der Waals surface area contributed by atoms with Crippen LogP contribution in [0.15, 0.2) is 24.3 Å². The molecule has 1 fully saturated rings. The maximum atomic E-state index is 11.0. The zero-order valence-corrected chi connectivity index (χ0v) is 11.3. The normalized spacial score (nSPS) is 23.7. The molecule has 2 nitrogen and oxygen atoms in total. The van der Waals surface area contributed by atoms with Gasteiger partial charge in [0.05, 0.1) is 6.10 Å². The summed E-state index contributed by atoms with van der Waals surface area (Å²) in [7, 11) is 0. The quantitative estimate of drug-likeness (QED) is 0.808. The summed E-state index contributed by atoms with van der Waals surface area (Å²) >= 11 is 0. The number of ether oxygens (including phenoxy) is 1. The number of carbonyl (C=O) groups excluding carboxylic acids is 1. The van der Waals surface area contributed by atoms with Crippen molar-refractivity contribution in [2.45, 2.75) is 52.1 Å². The number of ketones is 1. The minimum Gasteiger partial charge on any atom is -0.490 e. The van der Waals surface area contributed by atoms with Crippen molar-refractivity contribution in [1.29, 1.82) is 0 Å². The van der Waals surface area contributed by atoms with Gasteiger partial charge in [-0.2, -0.15) is 0 Å². The van der Waals surface area contributed by atoms with E-state index in [-0.39, 0.29) is 5.78 Å². The molecule has 2 heteroatoms. The molecule has 0 radical (unpaired) electrons. The van der Waals surface area contributed by atoms with Crippen LogP contribution in [0, 0.1) is 5.92 Å². The van der Waals surface area contributed by atoms with Gasteiger partial charge < -0.3 is 4.74 Å². The predicted octanol–water partition coefficient (Wildman–Crippen LogP) is 3.78. The van der Waals surface area contributed by atoms with Crippen molar-refractivity contribution >= 4 is 5.78 Å². The molecule has 0 heterocycles. The van der Waals surface area contributed by atoms with Gasteiger partial charge in [0, 0.05) is 6.42 Å². The monoisotopic (exact) mass is 246 g/mol. The molecule has 1 aromatic rings. The Balaban J connectivity index is 1.91. The summed E-state index contributed by atoms with van der Waals surface area (Å²) in [6, 6.07) is 7.95. The van der Waals surface area contributed by atoms with Crippen molar-refractivity contribution in [3.05, 3.63) is 29.8 Å². The number of Topliss-reactive ketones (excluding diaryl/α,β-unsaturated/α-hetero) is 1. The Labute approximate surface area is 109 Å². The van der Waals surface area contributed by atoms with E-state index in [1.807, 2.05) is 24.3 Å². The first kappa shape index (κ1) is 13.1. The summed E-state index contributed by atoms with van der Waals surface area (Å²) in [5.74, 6) is 1.91. The van der Waals surface area contributed by atoms with E-state index in [0.717, 1.165) is 23.7 Å². The lowest BCUT2D eigenvalue weighted by molar-refractivity contribution is -0.116. The van der Waals surface area contributed by atoms with Crippen LogP contribution in [0.4, 0.5) is 0 Å². The second kappa shape index (κ2) is 6.03. The van der Waals surface area contributed by atoms with E-state index >= 15 is 0 Å². The number of benzene rings is 1. The molecule has 1 aliphatic carbocycles. The molecule has 0 aliphatic heterocycles. The van der Waals surface area contributed by atoms with E-state index in [1.165, 1.54) is 19.3 Å². The maximum absolute atomic E-state index is 11.0. The highest BCUT2D eigenvalue weighted by Gasteiger charge is 2.20. The van der Waals surface area contributed by atoms with Crippen molar-refractivity contribution in [2.24, 2.45) is 5.92 Å². The molecule has 0 saturated heterocycles. The van der Waals surface area contributed by atoms with Gasteiger partial charge in [0.25, 0.3) is 0 Å². The van der Waals surface area contributed by atoms with Crippen molar-refractivity contribution in [1.82, 2.24) is 0 Å². The Hall–Kier alpha value is -1.31. The first-order valence-corrected chi connectivity index (χ1v) is 6.88. The standard InChI is InChI=1S/C16H22O2/c1-12-4-3-5-16(10-12)18-15-8-6-14(7-9-15)11-13(2)17/h6-9,12,16H,3-5,10-11H2,1-2H3. The van der Waals surface area contributed by atoms with Crippen LogP contribution < -0.4 is 4.74 Å². The summed E-state index contributed by atoms with van der Waals surface area (Å²) in [5, 5.41) is 0. The molecule has 1 saturated carbocycles. The van der Waals surface area contributed by atoms with Gasteiger partial charge in [-0.3, -0.25) is 4.79 Å². The van der Waals surface area contributed by atoms with Crippen molar-refractivity contribution in [3.8, 4) is 5.75 Å². The van der Waals surface area contributed by atoms with Crippen molar-refractivity contribution in [2.75, 3.05) is 0 Å². The first-order valence-electron chi connectivity index (χ1n) is 6.88. The topological polar surface area (TPSA) is 26.3 Å². The summed E-state index contributed by atoms with van der Waals surface area (Å²) in [5.41, 5.74) is 1.06. The molecular formula is C16H22O2. The van der Waals surface area contributed by atoms with Crippen LogP contribution in [-0.2, 0) is 11.2 Å². The highest BCUT2D eigenvalue weighted by molar-refractivity contribution is 5.78. The summed E-state index contributed by atoms with van der Waals surface area (Å²) in [6.45, 7) is 3.92. The highest BCUT2D eigenvalue weighted by Crippen LogP contribution is 2.27. The molecular weight excluding hydrogens is 224 g/mol. The van der Waals surface area contributed by atoms with Crippen molar-refractivity contribution < 1.29 is 9.53 Å². The third kappa shape index (κ3) is 3.86. The van der Waals surface area contributed by atoms with E-state index in [1.54, 1.807) is 6.92 Å². The molecule has 0 spiro atoms. The van der Waals surface area contributed by atoms with Gasteiger partial charge in [-0.25, -0.2) is 0 Å². The maximum Gasteiger partial charge on any atom is 0.134 e. The summed E-state index contributed by atoms with van der Waals surface area (Å²) in [4.78, 5) is 11.0. The highest BCUT2D eigenvalue weighted by atomic mass is 16.5. The predicted molar refractivity (Wildman–Crippen MR) is 72.9 cm³/mol. The fourth-order valence-corrected chi connectivity index (χ4v) is 2.65. The number of rotatable bonds is 4. The smallest absolute Gasteiger partial charge is 0.134 e. The SMILES string of the molecule is CC(=O)Cc1ccc(OC2CCCC(C)C2)cc1. The van der Waals surface area contributed by atoms with Gasteiger partial charge >= 0.3 is 0 Å². The number of carbonyl (C=O) groups is 1. The zero-order chi connectivity index (χ0) is 13.0. The fraction of sp³-hybridized carbons (Fsp3) is 0.562. The van der Waals surface area contributed by atoms with Crippen LogP contribution in [0.25, 0.3) is 0 Å². The van der Waals surface area contributed by atoms with Crippen LogP contribution in [0.1, 0.15) is 45.1 Å². The lowest BCUT2D eigenvalue weighted by Gasteiger charge is -2.27. The van der Waals surface area contributed by atoms with Gasteiger partial charge in [0.15, 0.2) is 0 Å². The van der Waals surface area contributed by atoms with Gasteiger partial charge in [0.2, 0.25) is 0 Å². The average Bonchev–Trinajstić information content (AvgIpc) is 2.31. The molecule has 98 valence electrons. The van der Waals surface area contributed by atoms with Gasteiger partial charge in [0.1, 0.15) is 11.5 Å². The Morgan fingerprint density at radius 2 is 2.00 bits per heavy atom. The van der Waals surface area contributed by atoms with Crippen LogP contribution in [0.2, 0.25) is 0 Å². The largest absolute Gasteiger partial charge is 0.490 e. The Morgan fingerprint density at radius 1 is 1.28 bits per heavy atom. The number of hydrogen-bond acceptors (Lipinski definition) is 2. The second-order valence-electron chi connectivity index (χ2n) is 5.53. The van der Waals surface area contributed by atoms with Crippen LogP contribution >= 0.6 is 0 Å². The van der Waals surface area contributed by atoms with Crippen LogP contribution in [0.5, 0.6) is 5.75 Å². The summed E-state index contributed by atoms with van der Waals surface area (Å²) < 4.78 is 6.00. The third-order valence-corrected chi connectivity index (χ3v) is 3.57. The third-order valence-electron chi connectivity index (χ3n) is 3.57. The molecule has 0 aromatic heterocycles. The Kier molecular flexibility index (Phi) is 4.40. The summed E-state index contributed by atoms with van der Waals surface area (Å²) in [6.07, 6.45) is 5.81.